The molecule has 2 aromatic heterocycles. The molecule has 2 aliphatic heterocycles. The number of carbonyl (C=O) groups is 1. The molecule has 1 aromatic carbocycles. The van der Waals surface area contributed by atoms with Crippen molar-refractivity contribution in [3.8, 4) is 5.75 Å². The van der Waals surface area contributed by atoms with Crippen LogP contribution in [0.1, 0.15) is 52.8 Å². The van der Waals surface area contributed by atoms with Crippen LogP contribution >= 0.6 is 11.3 Å². The molecule has 0 unspecified atom stereocenters. The zero-order valence-corrected chi connectivity index (χ0v) is 18.9. The van der Waals surface area contributed by atoms with Crippen molar-refractivity contribution in [2.45, 2.75) is 44.4 Å². The van der Waals surface area contributed by atoms with Crippen LogP contribution in [0.5, 0.6) is 5.75 Å². The molecule has 0 radical (unpaired) electrons. The summed E-state index contributed by atoms with van der Waals surface area (Å²) in [6, 6.07) is 13.8. The number of rotatable bonds is 6. The van der Waals surface area contributed by atoms with Crippen LogP contribution in [0, 0.1) is 0 Å². The SMILES string of the molecule is O=C(c1ccc(OC2CCN(Cc3ccccn3)CC2)cc1)N1CCC[C@@H]1c1nccs1. The van der Waals surface area contributed by atoms with Crippen molar-refractivity contribution < 1.29 is 9.53 Å². The van der Waals surface area contributed by atoms with Gasteiger partial charge in [-0.3, -0.25) is 14.7 Å². The predicted octanol–water partition coefficient (Wildman–Crippen LogP) is 4.56. The fourth-order valence-corrected chi connectivity index (χ4v) is 5.39. The molecule has 4 heterocycles. The first kappa shape index (κ1) is 21.1. The lowest BCUT2D eigenvalue weighted by Gasteiger charge is -2.32. The average molecular weight is 449 g/mol. The first-order valence-electron chi connectivity index (χ1n) is 11.4. The second-order valence-corrected chi connectivity index (χ2v) is 9.39. The molecule has 0 bridgehead atoms. The molecule has 0 spiro atoms. The highest BCUT2D eigenvalue weighted by Crippen LogP contribution is 2.34. The van der Waals surface area contributed by atoms with Crippen molar-refractivity contribution in [2.24, 2.45) is 0 Å². The van der Waals surface area contributed by atoms with Crippen LogP contribution < -0.4 is 4.74 Å². The van der Waals surface area contributed by atoms with Crippen molar-refractivity contribution in [2.75, 3.05) is 19.6 Å². The van der Waals surface area contributed by atoms with E-state index in [0.717, 1.165) is 68.3 Å². The van der Waals surface area contributed by atoms with E-state index in [1.807, 2.05) is 59.1 Å². The molecule has 1 atom stereocenters. The quantitative estimate of drug-likeness (QED) is 0.553. The normalized spacial score (nSPS) is 19.9. The van der Waals surface area contributed by atoms with Crippen LogP contribution in [0.25, 0.3) is 0 Å². The summed E-state index contributed by atoms with van der Waals surface area (Å²) in [6.45, 7) is 3.69. The summed E-state index contributed by atoms with van der Waals surface area (Å²) in [7, 11) is 0. The number of hydrogen-bond acceptors (Lipinski definition) is 6. The molecule has 3 aromatic rings. The van der Waals surface area contributed by atoms with Gasteiger partial charge in [0.2, 0.25) is 0 Å². The third kappa shape index (κ3) is 4.84. The van der Waals surface area contributed by atoms with E-state index in [2.05, 4.69) is 20.9 Å². The molecule has 5 rings (SSSR count). The van der Waals surface area contributed by atoms with Crippen LogP contribution in [0.15, 0.2) is 60.2 Å². The standard InChI is InChI=1S/C25H28N4O2S/c30-25(29-14-3-5-23(29)24-27-13-17-32-24)19-6-8-21(9-7-19)31-22-10-15-28(16-11-22)18-20-4-1-2-12-26-20/h1-2,4,6-9,12-13,17,22-23H,3,5,10-11,14-16,18H2/t23-/m1/s1. The molecule has 166 valence electrons. The summed E-state index contributed by atoms with van der Waals surface area (Å²) < 4.78 is 6.22. The van der Waals surface area contributed by atoms with Crippen molar-refractivity contribution in [1.29, 1.82) is 0 Å². The fourth-order valence-electron chi connectivity index (χ4n) is 4.61. The summed E-state index contributed by atoms with van der Waals surface area (Å²) in [6.07, 6.45) is 7.88. The maximum absolute atomic E-state index is 13.1. The van der Waals surface area contributed by atoms with Crippen molar-refractivity contribution >= 4 is 17.2 Å². The Bertz CT molecular complexity index is 1000. The zero-order chi connectivity index (χ0) is 21.8. The zero-order valence-electron chi connectivity index (χ0n) is 18.1. The molecule has 0 N–H and O–H groups in total. The third-order valence-electron chi connectivity index (χ3n) is 6.30. The summed E-state index contributed by atoms with van der Waals surface area (Å²) in [5, 5.41) is 3.01. The van der Waals surface area contributed by atoms with Gasteiger partial charge in [-0.15, -0.1) is 11.3 Å². The number of piperidine rings is 1. The Labute approximate surface area is 192 Å². The van der Waals surface area contributed by atoms with Crippen LogP contribution in [0.3, 0.4) is 0 Å². The summed E-state index contributed by atoms with van der Waals surface area (Å²) >= 11 is 1.63. The van der Waals surface area contributed by atoms with E-state index in [1.165, 1.54) is 0 Å². The van der Waals surface area contributed by atoms with Gasteiger partial charge in [-0.25, -0.2) is 4.98 Å². The fraction of sp³-hybridized carbons (Fsp3) is 0.400. The number of carbonyl (C=O) groups excluding carboxylic acids is 1. The molecule has 7 heteroatoms. The number of thiazole rings is 1. The highest BCUT2D eigenvalue weighted by molar-refractivity contribution is 7.09. The average Bonchev–Trinajstić information content (AvgIpc) is 3.53. The largest absolute Gasteiger partial charge is 0.490 e. The monoisotopic (exact) mass is 448 g/mol. The second kappa shape index (κ2) is 9.79. The lowest BCUT2D eigenvalue weighted by Crippen LogP contribution is -2.38. The van der Waals surface area contributed by atoms with E-state index >= 15 is 0 Å². The van der Waals surface area contributed by atoms with Gasteiger partial charge in [0, 0.05) is 49.5 Å². The molecular weight excluding hydrogens is 420 g/mol. The molecule has 0 saturated carbocycles. The number of nitrogens with zero attached hydrogens (tertiary/aromatic N) is 4. The third-order valence-corrected chi connectivity index (χ3v) is 7.18. The molecule has 2 saturated heterocycles. The number of hydrogen-bond donors (Lipinski definition) is 0. The topological polar surface area (TPSA) is 58.6 Å². The Morgan fingerprint density at radius 1 is 1.00 bits per heavy atom. The van der Waals surface area contributed by atoms with Gasteiger partial charge < -0.3 is 9.64 Å². The number of likely N-dealkylation sites (tertiary alicyclic amines) is 2. The van der Waals surface area contributed by atoms with E-state index < -0.39 is 0 Å². The summed E-state index contributed by atoms with van der Waals surface area (Å²) in [5.74, 6) is 0.916. The predicted molar refractivity (Wildman–Crippen MR) is 125 cm³/mol. The first-order chi connectivity index (χ1) is 15.8. The van der Waals surface area contributed by atoms with E-state index in [0.29, 0.717) is 5.56 Å². The molecule has 32 heavy (non-hydrogen) atoms. The molecule has 1 amide bonds. The Kier molecular flexibility index (Phi) is 6.46. The minimum absolute atomic E-state index is 0.0806. The van der Waals surface area contributed by atoms with Gasteiger partial charge in [0.1, 0.15) is 16.9 Å². The lowest BCUT2D eigenvalue weighted by atomic mass is 10.1. The van der Waals surface area contributed by atoms with Crippen LogP contribution in [-0.4, -0.2) is 51.4 Å². The van der Waals surface area contributed by atoms with Crippen LogP contribution in [-0.2, 0) is 6.54 Å². The van der Waals surface area contributed by atoms with E-state index in [9.17, 15) is 4.79 Å². The molecular formula is C25H28N4O2S. The number of benzene rings is 1. The Morgan fingerprint density at radius 3 is 2.56 bits per heavy atom. The Hall–Kier alpha value is -2.77. The minimum Gasteiger partial charge on any atom is -0.490 e. The molecule has 0 aliphatic carbocycles. The van der Waals surface area contributed by atoms with Crippen molar-refractivity contribution in [3.63, 3.8) is 0 Å². The highest BCUT2D eigenvalue weighted by Gasteiger charge is 2.32. The Balaban J connectivity index is 1.14. The first-order valence-corrected chi connectivity index (χ1v) is 12.2. The van der Waals surface area contributed by atoms with Crippen molar-refractivity contribution in [1.82, 2.24) is 19.8 Å². The molecule has 6 nitrogen and oxygen atoms in total. The maximum Gasteiger partial charge on any atom is 0.254 e. The van der Waals surface area contributed by atoms with E-state index in [-0.39, 0.29) is 18.1 Å². The minimum atomic E-state index is 0.0806. The van der Waals surface area contributed by atoms with Gasteiger partial charge in [0.25, 0.3) is 5.91 Å². The van der Waals surface area contributed by atoms with Gasteiger partial charge in [0.05, 0.1) is 11.7 Å². The summed E-state index contributed by atoms with van der Waals surface area (Å²) in [4.78, 5) is 26.3. The number of amides is 1. The van der Waals surface area contributed by atoms with Crippen LogP contribution in [0.4, 0.5) is 0 Å². The number of aromatic nitrogens is 2. The number of ether oxygens (including phenoxy) is 1. The van der Waals surface area contributed by atoms with Gasteiger partial charge in [-0.1, -0.05) is 6.07 Å². The molecule has 2 fully saturated rings. The van der Waals surface area contributed by atoms with E-state index in [4.69, 9.17) is 4.74 Å². The Morgan fingerprint density at radius 2 is 1.84 bits per heavy atom. The highest BCUT2D eigenvalue weighted by atomic mass is 32.1. The van der Waals surface area contributed by atoms with Gasteiger partial charge >= 0.3 is 0 Å². The second-order valence-electron chi connectivity index (χ2n) is 8.47. The molecule has 2 aliphatic rings. The lowest BCUT2D eigenvalue weighted by molar-refractivity contribution is 0.0735. The smallest absolute Gasteiger partial charge is 0.254 e. The van der Waals surface area contributed by atoms with Gasteiger partial charge in [-0.05, 0) is 62.1 Å². The van der Waals surface area contributed by atoms with Crippen molar-refractivity contribution in [3.05, 3.63) is 76.5 Å². The van der Waals surface area contributed by atoms with Gasteiger partial charge in [0.15, 0.2) is 0 Å². The summed E-state index contributed by atoms with van der Waals surface area (Å²) in [5.41, 5.74) is 1.83. The van der Waals surface area contributed by atoms with E-state index in [1.54, 1.807) is 11.3 Å². The van der Waals surface area contributed by atoms with Gasteiger partial charge in [-0.2, -0.15) is 0 Å². The number of pyridine rings is 1. The maximum atomic E-state index is 13.1. The van der Waals surface area contributed by atoms with Crippen LogP contribution in [0.2, 0.25) is 0 Å².